The number of hydrogen-bond acceptors (Lipinski definition) is 5. The van der Waals surface area contributed by atoms with E-state index in [0.29, 0.717) is 24.8 Å². The first-order valence-electron chi connectivity index (χ1n) is 7.99. The van der Waals surface area contributed by atoms with E-state index < -0.39 is 0 Å². The molecule has 128 valence electrons. The maximum Gasteiger partial charge on any atom is 0.327 e. The summed E-state index contributed by atoms with van der Waals surface area (Å²) < 4.78 is 12.2. The van der Waals surface area contributed by atoms with Crippen LogP contribution >= 0.6 is 11.6 Å². The van der Waals surface area contributed by atoms with Gasteiger partial charge in [-0.3, -0.25) is 4.79 Å². The zero-order valence-corrected chi connectivity index (χ0v) is 14.3. The number of ether oxygens (including phenoxy) is 2. The second kappa shape index (κ2) is 7.68. The fraction of sp³-hybridized carbons (Fsp3) is 0.412. The molecule has 2 heterocycles. The number of anilines is 1. The van der Waals surface area contributed by atoms with Crippen LogP contribution < -0.4 is 4.90 Å². The van der Waals surface area contributed by atoms with Crippen LogP contribution in [0, 0.1) is 0 Å². The predicted octanol–water partition coefficient (Wildman–Crippen LogP) is 2.60. The standard InChI is InChI=1S/C17H20ClN3O3/c1-2-24-16(22)12-21-17(20-7-9-23-10-8-20)15(11-19-21)13-3-5-14(18)6-4-13/h3-6,11H,2,7-10,12H2,1H3. The average Bonchev–Trinajstić information content (AvgIpc) is 3.00. The van der Waals surface area contributed by atoms with Crippen LogP contribution in [0.3, 0.4) is 0 Å². The van der Waals surface area contributed by atoms with Gasteiger partial charge in [0.2, 0.25) is 0 Å². The highest BCUT2D eigenvalue weighted by Gasteiger charge is 2.22. The molecule has 1 saturated heterocycles. The van der Waals surface area contributed by atoms with Gasteiger partial charge < -0.3 is 14.4 Å². The molecular formula is C17H20ClN3O3. The second-order valence-electron chi connectivity index (χ2n) is 5.45. The SMILES string of the molecule is CCOC(=O)Cn1ncc(-c2ccc(Cl)cc2)c1N1CCOCC1. The molecule has 0 aliphatic carbocycles. The Balaban J connectivity index is 1.96. The molecule has 0 atom stereocenters. The van der Waals surface area contributed by atoms with E-state index >= 15 is 0 Å². The summed E-state index contributed by atoms with van der Waals surface area (Å²) in [5.41, 5.74) is 1.98. The molecule has 1 aromatic carbocycles. The van der Waals surface area contributed by atoms with Gasteiger partial charge in [0.1, 0.15) is 12.4 Å². The Bertz CT molecular complexity index is 694. The van der Waals surface area contributed by atoms with Crippen molar-refractivity contribution in [2.45, 2.75) is 13.5 Å². The highest BCUT2D eigenvalue weighted by atomic mass is 35.5. The minimum atomic E-state index is -0.294. The predicted molar refractivity (Wildman–Crippen MR) is 92.3 cm³/mol. The number of esters is 1. The van der Waals surface area contributed by atoms with Gasteiger partial charge in [0.05, 0.1) is 26.0 Å². The Labute approximate surface area is 145 Å². The van der Waals surface area contributed by atoms with Crippen molar-refractivity contribution in [1.29, 1.82) is 0 Å². The van der Waals surface area contributed by atoms with E-state index in [0.717, 1.165) is 30.0 Å². The molecule has 0 N–H and O–H groups in total. The molecule has 0 unspecified atom stereocenters. The number of hydrogen-bond donors (Lipinski definition) is 0. The van der Waals surface area contributed by atoms with Crippen molar-refractivity contribution in [3.8, 4) is 11.1 Å². The van der Waals surface area contributed by atoms with E-state index in [9.17, 15) is 4.79 Å². The third-order valence-corrected chi connectivity index (χ3v) is 4.11. The molecule has 24 heavy (non-hydrogen) atoms. The van der Waals surface area contributed by atoms with Crippen LogP contribution in [0.4, 0.5) is 5.82 Å². The van der Waals surface area contributed by atoms with Crippen LogP contribution in [0.5, 0.6) is 0 Å². The van der Waals surface area contributed by atoms with E-state index in [4.69, 9.17) is 21.1 Å². The second-order valence-corrected chi connectivity index (χ2v) is 5.89. The van der Waals surface area contributed by atoms with Gasteiger partial charge in [-0.25, -0.2) is 4.68 Å². The number of carbonyl (C=O) groups is 1. The summed E-state index contributed by atoms with van der Waals surface area (Å²) in [5.74, 6) is 0.617. The first-order valence-corrected chi connectivity index (χ1v) is 8.37. The number of morpholine rings is 1. The monoisotopic (exact) mass is 349 g/mol. The lowest BCUT2D eigenvalue weighted by atomic mass is 10.1. The van der Waals surface area contributed by atoms with Crippen LogP contribution in [0.2, 0.25) is 5.02 Å². The highest BCUT2D eigenvalue weighted by molar-refractivity contribution is 6.30. The molecule has 1 aliphatic rings. The first-order chi connectivity index (χ1) is 11.7. The summed E-state index contributed by atoms with van der Waals surface area (Å²) in [6, 6.07) is 7.61. The Hall–Kier alpha value is -2.05. The normalized spacial score (nSPS) is 14.7. The molecule has 1 aromatic heterocycles. The van der Waals surface area contributed by atoms with Gasteiger partial charge in [0.25, 0.3) is 0 Å². The Morgan fingerprint density at radius 3 is 2.67 bits per heavy atom. The third kappa shape index (κ3) is 3.71. The Morgan fingerprint density at radius 1 is 1.29 bits per heavy atom. The number of carbonyl (C=O) groups excluding carboxylic acids is 1. The Morgan fingerprint density at radius 2 is 2.00 bits per heavy atom. The zero-order chi connectivity index (χ0) is 16.9. The summed E-state index contributed by atoms with van der Waals surface area (Å²) in [6.07, 6.45) is 1.78. The van der Waals surface area contributed by atoms with E-state index in [1.165, 1.54) is 0 Å². The lowest BCUT2D eigenvalue weighted by Gasteiger charge is -2.30. The first kappa shape index (κ1) is 16.8. The topological polar surface area (TPSA) is 56.6 Å². The number of nitrogens with zero attached hydrogens (tertiary/aromatic N) is 3. The van der Waals surface area contributed by atoms with E-state index in [-0.39, 0.29) is 12.5 Å². The largest absolute Gasteiger partial charge is 0.465 e. The third-order valence-electron chi connectivity index (χ3n) is 3.86. The molecule has 7 heteroatoms. The molecule has 0 bridgehead atoms. The molecule has 2 aromatic rings. The van der Waals surface area contributed by atoms with Crippen molar-refractivity contribution in [1.82, 2.24) is 9.78 Å². The molecule has 0 saturated carbocycles. The van der Waals surface area contributed by atoms with E-state index in [2.05, 4.69) is 10.00 Å². The summed E-state index contributed by atoms with van der Waals surface area (Å²) >= 11 is 5.99. The maximum absolute atomic E-state index is 11.9. The van der Waals surface area contributed by atoms with Crippen molar-refractivity contribution in [2.75, 3.05) is 37.8 Å². The maximum atomic E-state index is 11.9. The Kier molecular flexibility index (Phi) is 5.37. The fourth-order valence-electron chi connectivity index (χ4n) is 2.77. The summed E-state index contributed by atoms with van der Waals surface area (Å²) in [6.45, 7) is 5.08. The summed E-state index contributed by atoms with van der Waals surface area (Å²) in [5, 5.41) is 5.10. The van der Waals surface area contributed by atoms with Gasteiger partial charge in [-0.15, -0.1) is 0 Å². The van der Waals surface area contributed by atoms with Gasteiger partial charge >= 0.3 is 5.97 Å². The molecule has 0 spiro atoms. The van der Waals surface area contributed by atoms with Crippen LogP contribution in [-0.4, -0.2) is 48.7 Å². The van der Waals surface area contributed by atoms with Gasteiger partial charge in [-0.2, -0.15) is 5.10 Å². The molecule has 0 amide bonds. The molecule has 1 fully saturated rings. The van der Waals surface area contributed by atoms with Gasteiger partial charge in [-0.1, -0.05) is 23.7 Å². The van der Waals surface area contributed by atoms with Crippen molar-refractivity contribution in [3.05, 3.63) is 35.5 Å². The van der Waals surface area contributed by atoms with Crippen LogP contribution in [-0.2, 0) is 20.8 Å². The smallest absolute Gasteiger partial charge is 0.327 e. The molecular weight excluding hydrogens is 330 g/mol. The number of rotatable bonds is 5. The van der Waals surface area contributed by atoms with Gasteiger partial charge in [-0.05, 0) is 24.6 Å². The van der Waals surface area contributed by atoms with Crippen LogP contribution in [0.25, 0.3) is 11.1 Å². The summed E-state index contributed by atoms with van der Waals surface area (Å²) in [7, 11) is 0. The lowest BCUT2D eigenvalue weighted by molar-refractivity contribution is -0.144. The minimum absolute atomic E-state index is 0.0914. The number of benzene rings is 1. The van der Waals surface area contributed by atoms with Gasteiger partial charge in [0, 0.05) is 23.7 Å². The van der Waals surface area contributed by atoms with E-state index in [1.807, 2.05) is 24.3 Å². The molecule has 0 radical (unpaired) electrons. The fourth-order valence-corrected chi connectivity index (χ4v) is 2.89. The van der Waals surface area contributed by atoms with Crippen molar-refractivity contribution >= 4 is 23.4 Å². The molecule has 6 nitrogen and oxygen atoms in total. The zero-order valence-electron chi connectivity index (χ0n) is 13.6. The van der Waals surface area contributed by atoms with Gasteiger partial charge in [0.15, 0.2) is 0 Å². The summed E-state index contributed by atoms with van der Waals surface area (Å²) in [4.78, 5) is 14.1. The van der Waals surface area contributed by atoms with Crippen molar-refractivity contribution < 1.29 is 14.3 Å². The molecule has 3 rings (SSSR count). The number of halogens is 1. The van der Waals surface area contributed by atoms with Crippen molar-refractivity contribution in [3.63, 3.8) is 0 Å². The van der Waals surface area contributed by atoms with Crippen LogP contribution in [0.15, 0.2) is 30.5 Å². The average molecular weight is 350 g/mol. The molecule has 1 aliphatic heterocycles. The van der Waals surface area contributed by atoms with Crippen molar-refractivity contribution in [2.24, 2.45) is 0 Å². The minimum Gasteiger partial charge on any atom is -0.465 e. The van der Waals surface area contributed by atoms with E-state index in [1.54, 1.807) is 17.8 Å². The lowest BCUT2D eigenvalue weighted by Crippen LogP contribution is -2.38. The quantitative estimate of drug-likeness (QED) is 0.777. The highest BCUT2D eigenvalue weighted by Crippen LogP contribution is 2.32. The number of aromatic nitrogens is 2. The van der Waals surface area contributed by atoms with Crippen LogP contribution in [0.1, 0.15) is 6.92 Å².